The molecule has 1 aromatic heterocycles. The number of H-pyrrole nitrogens is 1. The number of aromatic nitrogens is 2. The van der Waals surface area contributed by atoms with Crippen LogP contribution in [0.5, 0.6) is 0 Å². The Morgan fingerprint density at radius 1 is 1.25 bits per heavy atom. The van der Waals surface area contributed by atoms with Crippen LogP contribution < -0.4 is 0 Å². The second-order valence-corrected chi connectivity index (χ2v) is 6.74. The average molecular weight is 349 g/mol. The number of hydrogen-bond acceptors (Lipinski definition) is 2. The van der Waals surface area contributed by atoms with Crippen LogP contribution in [0.15, 0.2) is 28.7 Å². The van der Waals surface area contributed by atoms with Crippen molar-refractivity contribution in [2.45, 2.75) is 38.5 Å². The van der Waals surface area contributed by atoms with Crippen molar-refractivity contribution in [3.63, 3.8) is 0 Å². The molecule has 1 N–H and O–H groups in total. The molecule has 1 aliphatic rings. The monoisotopic (exact) mass is 348 g/mol. The lowest BCUT2D eigenvalue weighted by molar-refractivity contribution is 0.694. The maximum atomic E-state index is 5.34. The minimum atomic E-state index is 0.618. The van der Waals surface area contributed by atoms with Gasteiger partial charge in [0.15, 0.2) is 0 Å². The van der Waals surface area contributed by atoms with Crippen LogP contribution in [0, 0.1) is 11.6 Å². The highest BCUT2D eigenvalue weighted by Crippen LogP contribution is 2.34. The van der Waals surface area contributed by atoms with Gasteiger partial charge in [-0.15, -0.1) is 0 Å². The van der Waals surface area contributed by atoms with Crippen molar-refractivity contribution in [1.82, 2.24) is 9.97 Å². The first-order valence-corrected chi connectivity index (χ1v) is 8.21. The van der Waals surface area contributed by atoms with E-state index in [0.717, 1.165) is 15.9 Å². The van der Waals surface area contributed by atoms with Crippen molar-refractivity contribution in [2.24, 2.45) is 0 Å². The van der Waals surface area contributed by atoms with E-state index in [1.54, 1.807) is 0 Å². The summed E-state index contributed by atoms with van der Waals surface area (Å²) in [7, 11) is 0. The van der Waals surface area contributed by atoms with Gasteiger partial charge >= 0.3 is 0 Å². The zero-order valence-corrected chi connectivity index (χ0v) is 13.9. The van der Waals surface area contributed by atoms with E-state index in [1.807, 2.05) is 6.07 Å². The van der Waals surface area contributed by atoms with Gasteiger partial charge in [-0.05, 0) is 43.4 Å². The van der Waals surface area contributed by atoms with Gasteiger partial charge < -0.3 is 4.98 Å². The molecule has 2 aromatic rings. The molecule has 3 rings (SSSR count). The number of nitrogens with one attached hydrogen (secondary N) is 1. The third-order valence-electron chi connectivity index (χ3n) is 4.00. The van der Waals surface area contributed by atoms with Gasteiger partial charge in [0.25, 0.3) is 0 Å². The van der Waals surface area contributed by atoms with Crippen LogP contribution in [0.2, 0.25) is 0 Å². The highest BCUT2D eigenvalue weighted by atomic mass is 79.9. The Labute approximate surface area is 132 Å². The summed E-state index contributed by atoms with van der Waals surface area (Å²) in [5.41, 5.74) is 3.54. The first-order valence-electron chi connectivity index (χ1n) is 7.01. The van der Waals surface area contributed by atoms with Gasteiger partial charge in [0.05, 0.1) is 0 Å². The molecule has 1 aromatic carbocycles. The molecular weight excluding hydrogens is 332 g/mol. The molecule has 0 atom stereocenters. The maximum Gasteiger partial charge on any atom is 0.139 e. The summed E-state index contributed by atoms with van der Waals surface area (Å²) in [5.74, 6) is 1.49. The normalized spacial score (nSPS) is 15.7. The van der Waals surface area contributed by atoms with Crippen molar-refractivity contribution in [3.05, 3.63) is 44.6 Å². The molecule has 1 heterocycles. The average Bonchev–Trinajstić information content (AvgIpc) is 2.95. The van der Waals surface area contributed by atoms with Crippen molar-refractivity contribution < 1.29 is 0 Å². The van der Waals surface area contributed by atoms with Crippen molar-refractivity contribution in [2.75, 3.05) is 0 Å². The second-order valence-electron chi connectivity index (χ2n) is 5.47. The highest BCUT2D eigenvalue weighted by Gasteiger charge is 2.18. The number of rotatable bonds is 2. The van der Waals surface area contributed by atoms with Gasteiger partial charge in [0.1, 0.15) is 10.5 Å². The fourth-order valence-corrected chi connectivity index (χ4v) is 3.41. The summed E-state index contributed by atoms with van der Waals surface area (Å²) < 4.78 is 1.78. The lowest BCUT2D eigenvalue weighted by Gasteiger charge is -2.12. The molecule has 4 heteroatoms. The molecule has 1 aliphatic carbocycles. The van der Waals surface area contributed by atoms with E-state index in [0.29, 0.717) is 10.6 Å². The zero-order chi connectivity index (χ0) is 14.1. The summed E-state index contributed by atoms with van der Waals surface area (Å²) in [6, 6.07) is 8.31. The van der Waals surface area contributed by atoms with E-state index in [-0.39, 0.29) is 0 Å². The largest absolute Gasteiger partial charge is 0.343 e. The molecule has 20 heavy (non-hydrogen) atoms. The van der Waals surface area contributed by atoms with E-state index in [2.05, 4.69) is 51.0 Å². The van der Waals surface area contributed by atoms with Gasteiger partial charge in [-0.3, -0.25) is 0 Å². The van der Waals surface area contributed by atoms with Gasteiger partial charge in [0.2, 0.25) is 0 Å². The van der Waals surface area contributed by atoms with E-state index < -0.39 is 0 Å². The van der Waals surface area contributed by atoms with Gasteiger partial charge in [0, 0.05) is 15.7 Å². The van der Waals surface area contributed by atoms with Crippen LogP contribution in [0.1, 0.15) is 42.9 Å². The summed E-state index contributed by atoms with van der Waals surface area (Å²) in [6.07, 6.45) is 5.15. The Kier molecular flexibility index (Phi) is 4.03. The molecule has 0 radical (unpaired) electrons. The quantitative estimate of drug-likeness (QED) is 0.722. The van der Waals surface area contributed by atoms with Crippen LogP contribution >= 0.6 is 28.1 Å². The summed E-state index contributed by atoms with van der Waals surface area (Å²) in [5, 5.41) is 0. The third kappa shape index (κ3) is 2.86. The molecule has 0 aliphatic heterocycles. The number of nitrogens with zero attached hydrogens (tertiary/aromatic N) is 1. The second kappa shape index (κ2) is 5.78. The highest BCUT2D eigenvalue weighted by molar-refractivity contribution is 9.10. The number of aromatic amines is 1. The van der Waals surface area contributed by atoms with Gasteiger partial charge in [-0.1, -0.05) is 53.1 Å². The van der Waals surface area contributed by atoms with E-state index in [9.17, 15) is 0 Å². The number of hydrogen-bond donors (Lipinski definition) is 1. The Bertz CT molecular complexity index is 687. The van der Waals surface area contributed by atoms with Crippen LogP contribution in [0.4, 0.5) is 0 Å². The smallest absolute Gasteiger partial charge is 0.139 e. The number of aryl methyl sites for hydroxylation is 1. The van der Waals surface area contributed by atoms with Crippen molar-refractivity contribution in [3.8, 4) is 11.4 Å². The molecular formula is C16H17BrN2S. The minimum Gasteiger partial charge on any atom is -0.343 e. The van der Waals surface area contributed by atoms with Crippen molar-refractivity contribution in [1.29, 1.82) is 0 Å². The third-order valence-corrected chi connectivity index (χ3v) is 5.07. The first-order chi connectivity index (χ1) is 9.63. The van der Waals surface area contributed by atoms with E-state index in [1.165, 1.54) is 36.9 Å². The van der Waals surface area contributed by atoms with E-state index >= 15 is 0 Å². The predicted octanol–water partition coefficient (Wildman–Crippen LogP) is 5.53. The lowest BCUT2D eigenvalue weighted by Crippen LogP contribution is -2.00. The molecule has 0 saturated heterocycles. The van der Waals surface area contributed by atoms with Crippen LogP contribution in [0.25, 0.3) is 11.4 Å². The number of halogens is 1. The molecule has 2 nitrogen and oxygen atoms in total. The first kappa shape index (κ1) is 14.0. The number of benzene rings is 1. The molecule has 0 bridgehead atoms. The van der Waals surface area contributed by atoms with Crippen molar-refractivity contribution >= 4 is 28.1 Å². The Morgan fingerprint density at radius 3 is 2.70 bits per heavy atom. The molecule has 0 unspecified atom stereocenters. The Morgan fingerprint density at radius 2 is 2.00 bits per heavy atom. The standard InChI is InChI=1S/C16H17BrN2S/c1-10-6-7-12(8-13(10)17)16-18-14(9-15(20)19-16)11-4-2-3-5-11/h6-9,11H,2-5H2,1H3,(H,18,19,20). The van der Waals surface area contributed by atoms with Crippen LogP contribution in [-0.2, 0) is 0 Å². The zero-order valence-electron chi connectivity index (χ0n) is 11.4. The topological polar surface area (TPSA) is 28.7 Å². The maximum absolute atomic E-state index is 5.34. The lowest BCUT2D eigenvalue weighted by atomic mass is 10.0. The summed E-state index contributed by atoms with van der Waals surface area (Å²) >= 11 is 8.92. The van der Waals surface area contributed by atoms with Gasteiger partial charge in [-0.25, -0.2) is 4.98 Å². The van der Waals surface area contributed by atoms with Gasteiger partial charge in [-0.2, -0.15) is 0 Å². The fraction of sp³-hybridized carbons (Fsp3) is 0.375. The molecule has 104 valence electrons. The van der Waals surface area contributed by atoms with Crippen LogP contribution in [-0.4, -0.2) is 9.97 Å². The minimum absolute atomic E-state index is 0.618. The Balaban J connectivity index is 2.04. The molecule has 0 amide bonds. The summed E-state index contributed by atoms with van der Waals surface area (Å²) in [4.78, 5) is 7.98. The molecule has 1 saturated carbocycles. The summed E-state index contributed by atoms with van der Waals surface area (Å²) in [6.45, 7) is 2.08. The van der Waals surface area contributed by atoms with Crippen LogP contribution in [0.3, 0.4) is 0 Å². The predicted molar refractivity (Wildman–Crippen MR) is 88.5 cm³/mol. The Hall–Kier alpha value is -1.00. The molecule has 1 fully saturated rings. The van der Waals surface area contributed by atoms with E-state index in [4.69, 9.17) is 12.2 Å². The SMILES string of the molecule is Cc1ccc(-c2nc(=S)cc(C3CCCC3)[nH]2)cc1Br. The molecule has 0 spiro atoms. The fourth-order valence-electron chi connectivity index (χ4n) is 2.81.